The van der Waals surface area contributed by atoms with E-state index in [0.29, 0.717) is 28.2 Å². The summed E-state index contributed by atoms with van der Waals surface area (Å²) in [5.41, 5.74) is -1.75. The summed E-state index contributed by atoms with van der Waals surface area (Å²) in [5, 5.41) is 14.3. The lowest BCUT2D eigenvalue weighted by molar-refractivity contribution is -0.205. The van der Waals surface area contributed by atoms with Crippen molar-refractivity contribution in [3.05, 3.63) is 34.5 Å². The Labute approximate surface area is 225 Å². The zero-order valence-corrected chi connectivity index (χ0v) is 23.5. The van der Waals surface area contributed by atoms with Crippen LogP contribution in [0.5, 0.6) is 0 Å². The number of aromatic amines is 1. The number of esters is 1. The van der Waals surface area contributed by atoms with E-state index >= 15 is 0 Å². The van der Waals surface area contributed by atoms with Gasteiger partial charge in [-0.05, 0) is 54.4 Å². The Hall–Kier alpha value is -1.97. The first-order valence-electron chi connectivity index (χ1n) is 13.1. The molecule has 2 bridgehead atoms. The number of thioether (sulfide) groups is 1. The predicted molar refractivity (Wildman–Crippen MR) is 146 cm³/mol. The van der Waals surface area contributed by atoms with E-state index < -0.39 is 29.0 Å². The number of hydrogen-bond donors (Lipinski definition) is 2. The van der Waals surface area contributed by atoms with E-state index in [0.717, 1.165) is 31.0 Å². The van der Waals surface area contributed by atoms with E-state index in [1.807, 2.05) is 12.3 Å². The van der Waals surface area contributed by atoms with E-state index in [9.17, 15) is 19.5 Å². The lowest BCUT2D eigenvalue weighted by Crippen LogP contribution is -2.63. The maximum atomic E-state index is 13.5. The maximum absolute atomic E-state index is 13.5. The molecule has 3 aliphatic carbocycles. The van der Waals surface area contributed by atoms with Crippen molar-refractivity contribution in [1.82, 2.24) is 9.97 Å². The number of nitrogens with one attached hydrogen (secondary N) is 1. The minimum Gasteiger partial charge on any atom is -0.461 e. The van der Waals surface area contributed by atoms with Crippen LogP contribution in [0.2, 0.25) is 0 Å². The van der Waals surface area contributed by atoms with Gasteiger partial charge in [0, 0.05) is 23.2 Å². The highest BCUT2D eigenvalue weighted by Crippen LogP contribution is 2.68. The summed E-state index contributed by atoms with van der Waals surface area (Å²) in [6, 6.07) is 1.73. The Balaban J connectivity index is 1.46. The second kappa shape index (κ2) is 9.35. The third kappa shape index (κ3) is 4.03. The smallest absolute Gasteiger partial charge is 0.316 e. The van der Waals surface area contributed by atoms with Crippen molar-refractivity contribution in [3.63, 3.8) is 0 Å². The highest BCUT2D eigenvalue weighted by Gasteiger charge is 2.68. The number of Topliss-reactive ketones (excluding diaryl/α,β-unsaturated/α-hetero) is 1. The van der Waals surface area contributed by atoms with Crippen LogP contribution in [0.3, 0.4) is 0 Å². The van der Waals surface area contributed by atoms with E-state index in [2.05, 4.69) is 37.3 Å². The largest absolute Gasteiger partial charge is 0.461 e. The number of thiophene rings is 1. The minimum absolute atomic E-state index is 0.0195. The zero-order chi connectivity index (χ0) is 26.8. The number of fused-ring (bicyclic) bond motifs is 1. The van der Waals surface area contributed by atoms with Gasteiger partial charge in [-0.15, -0.1) is 17.9 Å². The van der Waals surface area contributed by atoms with Gasteiger partial charge >= 0.3 is 5.97 Å². The van der Waals surface area contributed by atoms with Crippen LogP contribution >= 0.6 is 23.1 Å². The fraction of sp³-hybridized carbons (Fsp3) is 0.643. The van der Waals surface area contributed by atoms with Crippen LogP contribution in [-0.2, 0) is 14.3 Å². The molecular weight excluding hydrogens is 508 g/mol. The normalized spacial score (nSPS) is 39.6. The molecule has 9 heteroatoms. The highest BCUT2D eigenvalue weighted by molar-refractivity contribution is 7.99. The van der Waals surface area contributed by atoms with E-state index in [4.69, 9.17) is 4.74 Å². The fourth-order valence-corrected chi connectivity index (χ4v) is 9.20. The van der Waals surface area contributed by atoms with Gasteiger partial charge in [0.25, 0.3) is 5.56 Å². The Kier molecular flexibility index (Phi) is 6.73. The molecular formula is C28H36N2O5S2. The van der Waals surface area contributed by atoms with Crippen molar-refractivity contribution in [2.75, 3.05) is 5.75 Å². The van der Waals surface area contributed by atoms with Crippen LogP contribution in [0.25, 0.3) is 10.2 Å². The monoisotopic (exact) mass is 544 g/mol. The van der Waals surface area contributed by atoms with Gasteiger partial charge in [0.2, 0.25) is 0 Å². The minimum atomic E-state index is -0.696. The Morgan fingerprint density at radius 2 is 2.11 bits per heavy atom. The molecule has 3 fully saturated rings. The molecule has 0 aliphatic heterocycles. The molecule has 3 saturated carbocycles. The SMILES string of the molecule is C=C[C@]1(C)C[C@@H](OC(=O)CSc2nc3sccc3c(=O)[nH]2)[C@]2(C)[C@H](C)CC[C@]3(CCC(=O)[C@H]32)[C@@H](C)[C@@H]1O. The predicted octanol–water partition coefficient (Wildman–Crippen LogP) is 4.98. The van der Waals surface area contributed by atoms with Gasteiger partial charge in [0.05, 0.1) is 17.2 Å². The number of rotatable bonds is 5. The topological polar surface area (TPSA) is 109 Å². The Bertz CT molecular complexity index is 1300. The van der Waals surface area contributed by atoms with Crippen LogP contribution in [0.1, 0.15) is 59.8 Å². The van der Waals surface area contributed by atoms with Crippen LogP contribution in [0.4, 0.5) is 0 Å². The number of aromatic nitrogens is 2. The molecule has 0 saturated heterocycles. The van der Waals surface area contributed by atoms with Crippen LogP contribution in [-0.4, -0.2) is 44.8 Å². The summed E-state index contributed by atoms with van der Waals surface area (Å²) in [6.07, 6.45) is 4.05. The number of H-pyrrole nitrogens is 1. The van der Waals surface area contributed by atoms with Crippen molar-refractivity contribution in [3.8, 4) is 0 Å². The first-order chi connectivity index (χ1) is 17.5. The van der Waals surface area contributed by atoms with Crippen molar-refractivity contribution in [1.29, 1.82) is 0 Å². The number of carbonyl (C=O) groups is 2. The van der Waals surface area contributed by atoms with Gasteiger partial charge in [0.15, 0.2) is 5.16 Å². The number of ketones is 1. The molecule has 37 heavy (non-hydrogen) atoms. The molecule has 8 atom stereocenters. The van der Waals surface area contributed by atoms with Gasteiger partial charge < -0.3 is 14.8 Å². The molecule has 0 radical (unpaired) electrons. The Morgan fingerprint density at radius 3 is 2.84 bits per heavy atom. The van der Waals surface area contributed by atoms with Gasteiger partial charge in [-0.2, -0.15) is 0 Å². The van der Waals surface area contributed by atoms with Crippen LogP contribution < -0.4 is 5.56 Å². The van der Waals surface area contributed by atoms with Crippen LogP contribution in [0.15, 0.2) is 34.1 Å². The lowest BCUT2D eigenvalue weighted by atomic mass is 9.44. The summed E-state index contributed by atoms with van der Waals surface area (Å²) in [5.74, 6) is -0.360. The number of nitrogens with zero attached hydrogens (tertiary/aromatic N) is 1. The molecule has 0 amide bonds. The number of hydrogen-bond acceptors (Lipinski definition) is 8. The van der Waals surface area contributed by atoms with E-state index in [-0.39, 0.29) is 40.3 Å². The zero-order valence-electron chi connectivity index (χ0n) is 21.9. The molecule has 2 N–H and O–H groups in total. The second-order valence-corrected chi connectivity index (χ2v) is 13.7. The molecule has 2 aromatic rings. The van der Waals surface area contributed by atoms with Crippen molar-refractivity contribution >= 4 is 45.1 Å². The lowest BCUT2D eigenvalue weighted by Gasteiger charge is -2.61. The van der Waals surface area contributed by atoms with Gasteiger partial charge in [-0.25, -0.2) is 4.98 Å². The molecule has 0 unspecified atom stereocenters. The van der Waals surface area contributed by atoms with Crippen LogP contribution in [0, 0.1) is 34.0 Å². The van der Waals surface area contributed by atoms with Gasteiger partial charge in [-0.1, -0.05) is 45.5 Å². The number of carbonyl (C=O) groups excluding carboxylic acids is 2. The number of ether oxygens (including phenoxy) is 1. The van der Waals surface area contributed by atoms with E-state index in [1.165, 1.54) is 11.3 Å². The summed E-state index contributed by atoms with van der Waals surface area (Å²) in [4.78, 5) is 46.9. The molecule has 0 aromatic carbocycles. The molecule has 0 spiro atoms. The Morgan fingerprint density at radius 1 is 1.35 bits per heavy atom. The standard InChI is InChI=1S/C28H36N2O5S2/c1-6-26(4)13-19(35-20(32)14-37-25-29-23(34)17-9-12-36-24(17)30-25)27(5)15(2)7-10-28(16(3)22(26)33)11-8-18(31)21(27)28/h6,9,12,15-16,19,21-22,33H,1,7-8,10-11,13-14H2,2-5H3,(H,29,30,34)/t15-,16+,19-,21+,22+,26-,27+,28+/m1/s1. The first-order valence-corrected chi connectivity index (χ1v) is 15.0. The third-order valence-corrected chi connectivity index (χ3v) is 11.9. The average molecular weight is 545 g/mol. The molecule has 2 aromatic heterocycles. The molecule has 5 rings (SSSR count). The quantitative estimate of drug-likeness (QED) is 0.236. The van der Waals surface area contributed by atoms with Crippen molar-refractivity contribution in [2.24, 2.45) is 34.0 Å². The first kappa shape index (κ1) is 26.6. The molecule has 2 heterocycles. The second-order valence-electron chi connectivity index (χ2n) is 11.9. The highest BCUT2D eigenvalue weighted by atomic mass is 32.2. The number of aliphatic hydroxyl groups excluding tert-OH is 1. The summed E-state index contributed by atoms with van der Waals surface area (Å²) >= 11 is 2.51. The van der Waals surface area contributed by atoms with Gasteiger partial charge in [-0.3, -0.25) is 14.4 Å². The molecule has 7 nitrogen and oxygen atoms in total. The maximum Gasteiger partial charge on any atom is 0.316 e. The molecule has 200 valence electrons. The van der Waals surface area contributed by atoms with Crippen molar-refractivity contribution in [2.45, 2.75) is 77.2 Å². The number of aliphatic hydroxyl groups is 1. The summed E-state index contributed by atoms with van der Waals surface area (Å²) in [7, 11) is 0. The average Bonchev–Trinajstić information content (AvgIpc) is 3.49. The van der Waals surface area contributed by atoms with E-state index in [1.54, 1.807) is 12.1 Å². The molecule has 3 aliphatic rings. The summed E-state index contributed by atoms with van der Waals surface area (Å²) in [6.45, 7) is 12.4. The fourth-order valence-electron chi connectivity index (χ4n) is 7.74. The van der Waals surface area contributed by atoms with Gasteiger partial charge in [0.1, 0.15) is 16.7 Å². The third-order valence-electron chi connectivity index (χ3n) is 10.2. The van der Waals surface area contributed by atoms with Crippen molar-refractivity contribution < 1.29 is 19.4 Å². The summed E-state index contributed by atoms with van der Waals surface area (Å²) < 4.78 is 6.26.